The number of hydrogen-bond donors (Lipinski definition) is 0. The van der Waals surface area contributed by atoms with Gasteiger partial charge >= 0.3 is 5.97 Å². The van der Waals surface area contributed by atoms with E-state index >= 15 is 0 Å². The number of benzene rings is 2. The second-order valence-corrected chi connectivity index (χ2v) is 7.06. The zero-order valence-electron chi connectivity index (χ0n) is 14.7. The van der Waals surface area contributed by atoms with Crippen molar-refractivity contribution >= 4 is 39.1 Å². The molecule has 0 radical (unpaired) electrons. The highest BCUT2D eigenvalue weighted by atomic mass is 32.1. The smallest absolute Gasteiger partial charge is 0.306 e. The molecule has 3 aromatic rings. The van der Waals surface area contributed by atoms with Crippen molar-refractivity contribution in [1.82, 2.24) is 4.98 Å². The number of nitrogens with zero attached hydrogens (tertiary/aromatic N) is 2. The number of rotatable bonds is 6. The van der Waals surface area contributed by atoms with Gasteiger partial charge in [0.05, 0.1) is 21.6 Å². The van der Waals surface area contributed by atoms with Crippen molar-refractivity contribution in [3.8, 4) is 0 Å². The molecule has 1 aromatic heterocycles. The number of carbonyl (C=O) groups is 2. The van der Waals surface area contributed by atoms with E-state index in [0.717, 1.165) is 20.9 Å². The molecule has 1 unspecified atom stereocenters. The summed E-state index contributed by atoms with van der Waals surface area (Å²) in [7, 11) is 1.67. The third-order valence-corrected chi connectivity index (χ3v) is 5.11. The summed E-state index contributed by atoms with van der Waals surface area (Å²) >= 11 is 1.57. The molecule has 5 nitrogen and oxygen atoms in total. The largest absolute Gasteiger partial charge is 0.453 e. The van der Waals surface area contributed by atoms with Crippen LogP contribution in [0.3, 0.4) is 0 Å². The van der Waals surface area contributed by atoms with Gasteiger partial charge in [-0.2, -0.15) is 0 Å². The second kappa shape index (κ2) is 8.10. The minimum Gasteiger partial charge on any atom is -0.453 e. The number of likely N-dealkylation sites (N-methyl/N-ethyl adjacent to an activating group) is 1. The van der Waals surface area contributed by atoms with Crippen molar-refractivity contribution in [1.29, 1.82) is 0 Å². The quantitative estimate of drug-likeness (QED) is 0.621. The first-order chi connectivity index (χ1) is 12.5. The van der Waals surface area contributed by atoms with Gasteiger partial charge < -0.3 is 9.64 Å². The van der Waals surface area contributed by atoms with Gasteiger partial charge in [0.15, 0.2) is 6.10 Å². The summed E-state index contributed by atoms with van der Waals surface area (Å²) in [6.07, 6.45) is -0.122. The average molecular weight is 368 g/mol. The van der Waals surface area contributed by atoms with Gasteiger partial charge in [0, 0.05) is 19.2 Å². The average Bonchev–Trinajstić information content (AvgIpc) is 3.09. The van der Waals surface area contributed by atoms with E-state index < -0.39 is 12.1 Å². The molecule has 2 aromatic carbocycles. The van der Waals surface area contributed by atoms with Gasteiger partial charge in [-0.1, -0.05) is 30.3 Å². The maximum Gasteiger partial charge on any atom is 0.306 e. The summed E-state index contributed by atoms with van der Waals surface area (Å²) < 4.78 is 6.40. The van der Waals surface area contributed by atoms with Crippen molar-refractivity contribution in [3.05, 3.63) is 59.6 Å². The maximum absolute atomic E-state index is 12.4. The van der Waals surface area contributed by atoms with Crippen LogP contribution in [-0.4, -0.2) is 30.0 Å². The molecule has 0 fully saturated rings. The van der Waals surface area contributed by atoms with Crippen LogP contribution < -0.4 is 4.90 Å². The Kier molecular flexibility index (Phi) is 5.63. The zero-order chi connectivity index (χ0) is 18.5. The third-order valence-electron chi connectivity index (χ3n) is 4.01. The van der Waals surface area contributed by atoms with Crippen LogP contribution in [0.1, 0.15) is 18.4 Å². The molecule has 0 N–H and O–H groups in total. The van der Waals surface area contributed by atoms with E-state index in [1.807, 2.05) is 54.6 Å². The lowest BCUT2D eigenvalue weighted by molar-refractivity contribution is -0.153. The van der Waals surface area contributed by atoms with Crippen molar-refractivity contribution in [2.45, 2.75) is 25.9 Å². The summed E-state index contributed by atoms with van der Waals surface area (Å²) in [6.45, 7) is 1.59. The lowest BCUT2D eigenvalue weighted by Crippen LogP contribution is -2.37. The molecule has 26 heavy (non-hydrogen) atoms. The first-order valence-electron chi connectivity index (χ1n) is 8.41. The number of para-hydroxylation sites is 2. The summed E-state index contributed by atoms with van der Waals surface area (Å²) in [4.78, 5) is 30.5. The van der Waals surface area contributed by atoms with Crippen LogP contribution in [0.4, 0.5) is 5.69 Å². The van der Waals surface area contributed by atoms with E-state index in [1.165, 1.54) is 4.90 Å². The Balaban J connectivity index is 1.53. The van der Waals surface area contributed by atoms with E-state index in [0.29, 0.717) is 6.42 Å². The minimum atomic E-state index is -0.830. The summed E-state index contributed by atoms with van der Waals surface area (Å²) in [5.41, 5.74) is 1.70. The van der Waals surface area contributed by atoms with Crippen LogP contribution in [-0.2, 0) is 20.7 Å². The molecule has 1 atom stereocenters. The molecule has 0 saturated carbocycles. The lowest BCUT2D eigenvalue weighted by atomic mass is 10.2. The van der Waals surface area contributed by atoms with Gasteiger partial charge in [-0.3, -0.25) is 9.59 Å². The van der Waals surface area contributed by atoms with Crippen LogP contribution in [0.15, 0.2) is 54.6 Å². The molecular weight excluding hydrogens is 348 g/mol. The first kappa shape index (κ1) is 18.1. The minimum absolute atomic E-state index is 0.201. The highest BCUT2D eigenvalue weighted by molar-refractivity contribution is 7.18. The Morgan fingerprint density at radius 1 is 1.12 bits per heavy atom. The molecule has 0 saturated heterocycles. The molecule has 0 aliphatic carbocycles. The summed E-state index contributed by atoms with van der Waals surface area (Å²) in [5, 5.41) is 0.892. The van der Waals surface area contributed by atoms with Crippen molar-refractivity contribution in [2.75, 3.05) is 11.9 Å². The standard InChI is InChI=1S/C20H20N2O3S/c1-14(20(24)22(2)15-8-4-3-5-9-15)25-19(23)13-12-18-21-16-10-6-7-11-17(16)26-18/h3-11,14H,12-13H2,1-2H3. The van der Waals surface area contributed by atoms with Crippen LogP contribution in [0.25, 0.3) is 10.2 Å². The highest BCUT2D eigenvalue weighted by Gasteiger charge is 2.22. The van der Waals surface area contributed by atoms with E-state index in [2.05, 4.69) is 4.98 Å². The monoisotopic (exact) mass is 368 g/mol. The Morgan fingerprint density at radius 2 is 1.81 bits per heavy atom. The topological polar surface area (TPSA) is 59.5 Å². The predicted molar refractivity (Wildman–Crippen MR) is 103 cm³/mol. The fourth-order valence-electron chi connectivity index (χ4n) is 2.59. The fraction of sp³-hybridized carbons (Fsp3) is 0.250. The number of anilines is 1. The Bertz CT molecular complexity index is 875. The van der Waals surface area contributed by atoms with Crippen LogP contribution in [0, 0.1) is 0 Å². The third kappa shape index (κ3) is 4.26. The van der Waals surface area contributed by atoms with Gasteiger partial charge in [-0.05, 0) is 31.2 Å². The van der Waals surface area contributed by atoms with Crippen LogP contribution >= 0.6 is 11.3 Å². The molecule has 134 valence electrons. The van der Waals surface area contributed by atoms with E-state index in [-0.39, 0.29) is 12.3 Å². The molecule has 3 rings (SSSR count). The lowest BCUT2D eigenvalue weighted by Gasteiger charge is -2.21. The van der Waals surface area contributed by atoms with Crippen molar-refractivity contribution in [2.24, 2.45) is 0 Å². The fourth-order valence-corrected chi connectivity index (χ4v) is 3.56. The molecule has 1 amide bonds. The van der Waals surface area contributed by atoms with Gasteiger partial charge in [-0.15, -0.1) is 11.3 Å². The van der Waals surface area contributed by atoms with E-state index in [1.54, 1.807) is 25.3 Å². The molecular formula is C20H20N2O3S. The Hall–Kier alpha value is -2.73. The van der Waals surface area contributed by atoms with Gasteiger partial charge in [-0.25, -0.2) is 4.98 Å². The Labute approximate surface area is 156 Å². The number of ether oxygens (including phenoxy) is 1. The van der Waals surface area contributed by atoms with Gasteiger partial charge in [0.25, 0.3) is 5.91 Å². The number of aryl methyl sites for hydroxylation is 1. The normalized spacial score (nSPS) is 11.9. The van der Waals surface area contributed by atoms with E-state index in [4.69, 9.17) is 4.74 Å². The van der Waals surface area contributed by atoms with Crippen molar-refractivity contribution < 1.29 is 14.3 Å². The van der Waals surface area contributed by atoms with Crippen LogP contribution in [0.2, 0.25) is 0 Å². The number of fused-ring (bicyclic) bond motifs is 1. The van der Waals surface area contributed by atoms with Gasteiger partial charge in [0.1, 0.15) is 0 Å². The molecule has 1 heterocycles. The van der Waals surface area contributed by atoms with E-state index in [9.17, 15) is 9.59 Å². The second-order valence-electron chi connectivity index (χ2n) is 5.94. The first-order valence-corrected chi connectivity index (χ1v) is 9.23. The number of aromatic nitrogens is 1. The summed E-state index contributed by atoms with van der Waals surface area (Å²) in [5.74, 6) is -0.656. The van der Waals surface area contributed by atoms with Crippen molar-refractivity contribution in [3.63, 3.8) is 0 Å². The Morgan fingerprint density at radius 3 is 2.54 bits per heavy atom. The number of hydrogen-bond acceptors (Lipinski definition) is 5. The number of thiazole rings is 1. The van der Waals surface area contributed by atoms with Gasteiger partial charge in [0.2, 0.25) is 0 Å². The predicted octanol–water partition coefficient (Wildman–Crippen LogP) is 3.82. The highest BCUT2D eigenvalue weighted by Crippen LogP contribution is 2.22. The summed E-state index contributed by atoms with van der Waals surface area (Å²) in [6, 6.07) is 17.1. The molecule has 6 heteroatoms. The molecule has 0 spiro atoms. The molecule has 0 bridgehead atoms. The zero-order valence-corrected chi connectivity index (χ0v) is 15.5. The maximum atomic E-state index is 12.4. The number of amides is 1. The number of carbonyl (C=O) groups excluding carboxylic acids is 2. The molecule has 0 aliphatic rings. The molecule has 0 aliphatic heterocycles. The SMILES string of the molecule is CC(OC(=O)CCc1nc2ccccc2s1)C(=O)N(C)c1ccccc1. The number of esters is 1. The van der Waals surface area contributed by atoms with Crippen LogP contribution in [0.5, 0.6) is 0 Å².